The predicted molar refractivity (Wildman–Crippen MR) is 103 cm³/mol. The van der Waals surface area contributed by atoms with Crippen molar-refractivity contribution in [2.75, 3.05) is 25.0 Å². The lowest BCUT2D eigenvalue weighted by Gasteiger charge is -2.21. The molecule has 0 aliphatic rings. The van der Waals surface area contributed by atoms with Crippen LogP contribution in [0.5, 0.6) is 0 Å². The van der Waals surface area contributed by atoms with Crippen LogP contribution in [-0.2, 0) is 15.8 Å². The highest BCUT2D eigenvalue weighted by atomic mass is 19.4. The first-order valence-corrected chi connectivity index (χ1v) is 9.28. The van der Waals surface area contributed by atoms with Gasteiger partial charge in [-0.1, -0.05) is 12.1 Å². The van der Waals surface area contributed by atoms with Gasteiger partial charge in [-0.2, -0.15) is 13.2 Å². The Kier molecular flexibility index (Phi) is 8.02. The van der Waals surface area contributed by atoms with E-state index < -0.39 is 23.6 Å². The van der Waals surface area contributed by atoms with Crippen LogP contribution in [0.15, 0.2) is 47.1 Å². The second kappa shape index (κ2) is 10.5. The summed E-state index contributed by atoms with van der Waals surface area (Å²) in [6, 6.07) is 7.72. The fourth-order valence-electron chi connectivity index (χ4n) is 2.67. The monoisotopic (exact) mass is 425 g/mol. The maximum Gasteiger partial charge on any atom is 0.418 e. The third-order valence-corrected chi connectivity index (χ3v) is 4.17. The van der Waals surface area contributed by atoms with E-state index in [1.54, 1.807) is 13.0 Å². The fourth-order valence-corrected chi connectivity index (χ4v) is 2.67. The van der Waals surface area contributed by atoms with E-state index in [1.165, 1.54) is 29.4 Å². The molecule has 0 radical (unpaired) electrons. The first-order chi connectivity index (χ1) is 14.2. The van der Waals surface area contributed by atoms with Gasteiger partial charge in [0, 0.05) is 19.5 Å². The average molecular weight is 425 g/mol. The molecule has 3 amide bonds. The molecule has 0 bridgehead atoms. The third-order valence-electron chi connectivity index (χ3n) is 4.17. The molecule has 0 spiro atoms. The van der Waals surface area contributed by atoms with Gasteiger partial charge >= 0.3 is 6.18 Å². The zero-order valence-corrected chi connectivity index (χ0v) is 16.3. The van der Waals surface area contributed by atoms with Crippen LogP contribution in [0.3, 0.4) is 0 Å². The molecular formula is C20H22F3N3O4. The molecule has 0 unspecified atom stereocenters. The van der Waals surface area contributed by atoms with Gasteiger partial charge in [-0.25, -0.2) is 0 Å². The zero-order chi connectivity index (χ0) is 22.1. The molecule has 10 heteroatoms. The van der Waals surface area contributed by atoms with Gasteiger partial charge in [0.05, 0.1) is 24.1 Å². The van der Waals surface area contributed by atoms with Gasteiger partial charge in [0.2, 0.25) is 11.8 Å². The van der Waals surface area contributed by atoms with Gasteiger partial charge < -0.3 is 20.0 Å². The van der Waals surface area contributed by atoms with E-state index in [9.17, 15) is 27.6 Å². The van der Waals surface area contributed by atoms with Crippen molar-refractivity contribution in [3.63, 3.8) is 0 Å². The van der Waals surface area contributed by atoms with E-state index in [1.807, 2.05) is 0 Å². The molecule has 2 N–H and O–H groups in total. The van der Waals surface area contributed by atoms with Gasteiger partial charge in [-0.05, 0) is 37.6 Å². The summed E-state index contributed by atoms with van der Waals surface area (Å²) in [5.41, 5.74) is -1.32. The Labute approximate surface area is 171 Å². The van der Waals surface area contributed by atoms with Crippen LogP contribution in [-0.4, -0.2) is 42.3 Å². The smallest absolute Gasteiger partial charge is 0.418 e. The van der Waals surface area contributed by atoms with Crippen molar-refractivity contribution in [3.05, 3.63) is 54.0 Å². The van der Waals surface area contributed by atoms with Gasteiger partial charge in [0.25, 0.3) is 5.91 Å². The van der Waals surface area contributed by atoms with E-state index in [0.717, 1.165) is 12.1 Å². The first-order valence-electron chi connectivity index (χ1n) is 9.28. The molecule has 2 aromatic rings. The summed E-state index contributed by atoms with van der Waals surface area (Å²) in [5, 5.41) is 4.82. The van der Waals surface area contributed by atoms with Crippen LogP contribution in [0, 0.1) is 0 Å². The number of furan rings is 1. The SMILES string of the molecule is CCN(CC(=O)Nc1ccccc1C(F)(F)F)C(=O)CCCNC(=O)c1ccco1. The number of nitrogens with one attached hydrogen (secondary N) is 2. The molecule has 1 aromatic heterocycles. The van der Waals surface area contributed by atoms with Crippen LogP contribution >= 0.6 is 0 Å². The summed E-state index contributed by atoms with van der Waals surface area (Å²) >= 11 is 0. The standard InChI is InChI=1S/C20H22F3N3O4/c1-2-26(18(28)10-5-11-24-19(29)16-9-6-12-30-16)13-17(27)25-15-8-4-3-7-14(15)20(21,22)23/h3-4,6-9,12H,2,5,10-11,13H2,1H3,(H,24,29)(H,25,27). The summed E-state index contributed by atoms with van der Waals surface area (Å²) in [5.74, 6) is -1.31. The number of anilines is 1. The number of para-hydroxylation sites is 1. The van der Waals surface area contributed by atoms with Crippen LogP contribution in [0.4, 0.5) is 18.9 Å². The highest BCUT2D eigenvalue weighted by Gasteiger charge is 2.33. The molecule has 7 nitrogen and oxygen atoms in total. The Hall–Kier alpha value is -3.30. The fraction of sp³-hybridized carbons (Fsp3) is 0.350. The number of hydrogen-bond donors (Lipinski definition) is 2. The van der Waals surface area contributed by atoms with Crippen LogP contribution in [0.1, 0.15) is 35.9 Å². The molecule has 0 aliphatic carbocycles. The number of carbonyl (C=O) groups excluding carboxylic acids is 3. The van der Waals surface area contributed by atoms with Crippen molar-refractivity contribution in [2.24, 2.45) is 0 Å². The van der Waals surface area contributed by atoms with E-state index in [2.05, 4.69) is 10.6 Å². The molecule has 1 aromatic carbocycles. The van der Waals surface area contributed by atoms with Crippen LogP contribution < -0.4 is 10.6 Å². The molecule has 2 rings (SSSR count). The van der Waals surface area contributed by atoms with E-state index >= 15 is 0 Å². The normalized spacial score (nSPS) is 11.1. The number of amides is 3. The van der Waals surface area contributed by atoms with Crippen molar-refractivity contribution < 1.29 is 32.0 Å². The predicted octanol–water partition coefficient (Wildman–Crippen LogP) is 3.30. The number of nitrogens with zero attached hydrogens (tertiary/aromatic N) is 1. The maximum atomic E-state index is 13.0. The summed E-state index contributed by atoms with van der Waals surface area (Å²) in [6.07, 6.45) is -2.83. The lowest BCUT2D eigenvalue weighted by atomic mass is 10.1. The molecule has 0 saturated carbocycles. The van der Waals surface area contributed by atoms with Crippen molar-refractivity contribution in [3.8, 4) is 0 Å². The largest absolute Gasteiger partial charge is 0.459 e. The Morgan fingerprint density at radius 3 is 2.47 bits per heavy atom. The first kappa shape index (κ1) is 23.0. The number of alkyl halides is 3. The Balaban J connectivity index is 1.82. The average Bonchev–Trinajstić information content (AvgIpc) is 3.23. The molecular weight excluding hydrogens is 403 g/mol. The number of hydrogen-bond acceptors (Lipinski definition) is 4. The summed E-state index contributed by atoms with van der Waals surface area (Å²) in [6.45, 7) is 1.73. The number of benzene rings is 1. The quantitative estimate of drug-likeness (QED) is 0.603. The minimum atomic E-state index is -4.61. The molecule has 162 valence electrons. The Morgan fingerprint density at radius 2 is 1.83 bits per heavy atom. The molecule has 1 heterocycles. The second-order valence-electron chi connectivity index (χ2n) is 6.34. The van der Waals surface area contributed by atoms with Gasteiger partial charge in [0.15, 0.2) is 5.76 Å². The molecule has 0 fully saturated rings. The second-order valence-corrected chi connectivity index (χ2v) is 6.34. The molecule has 30 heavy (non-hydrogen) atoms. The van der Waals surface area contributed by atoms with Crippen molar-refractivity contribution in [2.45, 2.75) is 25.9 Å². The van der Waals surface area contributed by atoms with E-state index in [0.29, 0.717) is 6.42 Å². The molecule has 0 atom stereocenters. The van der Waals surface area contributed by atoms with Crippen molar-refractivity contribution >= 4 is 23.4 Å². The Bertz CT molecular complexity index is 866. The van der Waals surface area contributed by atoms with Crippen LogP contribution in [0.2, 0.25) is 0 Å². The van der Waals surface area contributed by atoms with Gasteiger partial charge in [-0.3, -0.25) is 14.4 Å². The summed E-state index contributed by atoms with van der Waals surface area (Å²) in [7, 11) is 0. The van der Waals surface area contributed by atoms with E-state index in [-0.39, 0.29) is 43.4 Å². The van der Waals surface area contributed by atoms with E-state index in [4.69, 9.17) is 4.42 Å². The lowest BCUT2D eigenvalue weighted by Crippen LogP contribution is -2.38. The highest BCUT2D eigenvalue weighted by Crippen LogP contribution is 2.34. The lowest BCUT2D eigenvalue weighted by molar-refractivity contribution is -0.137. The number of rotatable bonds is 9. The van der Waals surface area contributed by atoms with Crippen molar-refractivity contribution in [1.82, 2.24) is 10.2 Å². The summed E-state index contributed by atoms with van der Waals surface area (Å²) < 4.78 is 44.0. The minimum Gasteiger partial charge on any atom is -0.459 e. The number of likely N-dealkylation sites (N-methyl/N-ethyl adjacent to an activating group) is 1. The highest BCUT2D eigenvalue weighted by molar-refractivity contribution is 5.95. The third kappa shape index (κ3) is 6.64. The zero-order valence-electron chi connectivity index (χ0n) is 16.3. The molecule has 0 aliphatic heterocycles. The van der Waals surface area contributed by atoms with Crippen molar-refractivity contribution in [1.29, 1.82) is 0 Å². The topological polar surface area (TPSA) is 91.7 Å². The number of carbonyl (C=O) groups is 3. The summed E-state index contributed by atoms with van der Waals surface area (Å²) in [4.78, 5) is 37.4. The number of halogens is 3. The minimum absolute atomic E-state index is 0.0681. The van der Waals surface area contributed by atoms with Gasteiger partial charge in [0.1, 0.15) is 0 Å². The van der Waals surface area contributed by atoms with Crippen LogP contribution in [0.25, 0.3) is 0 Å². The maximum absolute atomic E-state index is 13.0. The van der Waals surface area contributed by atoms with Gasteiger partial charge in [-0.15, -0.1) is 0 Å². The Morgan fingerprint density at radius 1 is 1.10 bits per heavy atom. The molecule has 0 saturated heterocycles.